The molecule has 0 bridgehead atoms. The highest BCUT2D eigenvalue weighted by atomic mass is 32.2. The highest BCUT2D eigenvalue weighted by Crippen LogP contribution is 2.15. The second kappa shape index (κ2) is 3.28. The van der Waals surface area contributed by atoms with Gasteiger partial charge < -0.3 is 4.42 Å². The van der Waals surface area contributed by atoms with Crippen LogP contribution in [0, 0.1) is 18.3 Å². The number of oxazole rings is 1. The van der Waals surface area contributed by atoms with Gasteiger partial charge in [0.2, 0.25) is 0 Å². The molecule has 0 fully saturated rings. The molecule has 1 rings (SSSR count). The summed E-state index contributed by atoms with van der Waals surface area (Å²) in [7, 11) is 0. The average Bonchev–Trinajstić information content (AvgIpc) is 2.31. The van der Waals surface area contributed by atoms with Crippen LogP contribution in [0.1, 0.15) is 5.69 Å². The number of nitriles is 1. The Kier molecular flexibility index (Phi) is 2.35. The van der Waals surface area contributed by atoms with Crippen molar-refractivity contribution in [3.8, 4) is 6.07 Å². The van der Waals surface area contributed by atoms with Gasteiger partial charge in [-0.15, -0.1) is 0 Å². The first-order valence-corrected chi connectivity index (χ1v) is 3.73. The molecule has 0 unspecified atom stereocenters. The lowest BCUT2D eigenvalue weighted by Crippen LogP contribution is -1.73. The number of hydrogen-bond donors (Lipinski definition) is 0. The normalized spacial score (nSPS) is 9.20. The van der Waals surface area contributed by atoms with Crippen molar-refractivity contribution in [3.05, 3.63) is 12.0 Å². The Labute approximate surface area is 63.1 Å². The Balaban J connectivity index is 2.52. The van der Waals surface area contributed by atoms with Crippen LogP contribution in [0.2, 0.25) is 0 Å². The second-order valence-electron chi connectivity index (χ2n) is 1.70. The number of aryl methyl sites for hydroxylation is 1. The predicted molar refractivity (Wildman–Crippen MR) is 37.6 cm³/mol. The highest BCUT2D eigenvalue weighted by molar-refractivity contribution is 7.99. The molecule has 1 aromatic heterocycles. The van der Waals surface area contributed by atoms with Crippen molar-refractivity contribution in [1.82, 2.24) is 4.98 Å². The second-order valence-corrected chi connectivity index (χ2v) is 2.63. The summed E-state index contributed by atoms with van der Waals surface area (Å²) < 4.78 is 4.97. The lowest BCUT2D eigenvalue weighted by Gasteiger charge is -1.82. The summed E-state index contributed by atoms with van der Waals surface area (Å²) in [6, 6.07) is 1.99. The molecule has 1 heterocycles. The molecule has 0 saturated heterocycles. The molecular formula is C6H6N2OS. The Morgan fingerprint density at radius 1 is 1.90 bits per heavy atom. The lowest BCUT2D eigenvalue weighted by molar-refractivity contribution is 0.454. The third kappa shape index (κ3) is 1.78. The number of hydrogen-bond acceptors (Lipinski definition) is 4. The Bertz CT molecular complexity index is 250. The fourth-order valence-corrected chi connectivity index (χ4v) is 1.01. The zero-order valence-corrected chi connectivity index (χ0v) is 6.31. The summed E-state index contributed by atoms with van der Waals surface area (Å²) in [4.78, 5) is 3.99. The van der Waals surface area contributed by atoms with Gasteiger partial charge in [0.05, 0.1) is 17.5 Å². The van der Waals surface area contributed by atoms with Gasteiger partial charge in [-0.3, -0.25) is 0 Å². The molecule has 0 aliphatic carbocycles. The number of thioether (sulfide) groups is 1. The SMILES string of the molecule is Cc1coc(SCC#N)n1. The molecule has 0 aromatic carbocycles. The Morgan fingerprint density at radius 2 is 2.70 bits per heavy atom. The lowest BCUT2D eigenvalue weighted by atomic mass is 10.6. The highest BCUT2D eigenvalue weighted by Gasteiger charge is 1.98. The van der Waals surface area contributed by atoms with Crippen LogP contribution in [-0.4, -0.2) is 10.7 Å². The van der Waals surface area contributed by atoms with Crippen LogP contribution in [0.5, 0.6) is 0 Å². The molecule has 4 heteroatoms. The van der Waals surface area contributed by atoms with Crippen molar-refractivity contribution in [2.45, 2.75) is 12.1 Å². The van der Waals surface area contributed by atoms with Crippen LogP contribution >= 0.6 is 11.8 Å². The smallest absolute Gasteiger partial charge is 0.256 e. The number of rotatable bonds is 2. The van der Waals surface area contributed by atoms with Crippen molar-refractivity contribution in [3.63, 3.8) is 0 Å². The minimum Gasteiger partial charge on any atom is -0.440 e. The molecule has 0 aliphatic heterocycles. The standard InChI is InChI=1S/C6H6N2OS/c1-5-4-9-6(8-5)10-3-2-7/h4H,3H2,1H3. The van der Waals surface area contributed by atoms with Crippen molar-refractivity contribution in [2.75, 3.05) is 5.75 Å². The first-order valence-electron chi connectivity index (χ1n) is 2.75. The van der Waals surface area contributed by atoms with Crippen molar-refractivity contribution in [1.29, 1.82) is 5.26 Å². The van der Waals surface area contributed by atoms with Gasteiger partial charge in [0.1, 0.15) is 6.26 Å². The van der Waals surface area contributed by atoms with E-state index in [9.17, 15) is 0 Å². The van der Waals surface area contributed by atoms with E-state index in [-0.39, 0.29) is 0 Å². The van der Waals surface area contributed by atoms with E-state index in [1.165, 1.54) is 11.8 Å². The summed E-state index contributed by atoms with van der Waals surface area (Å²) in [5.74, 6) is 0.389. The predicted octanol–water partition coefficient (Wildman–Crippen LogP) is 1.60. The van der Waals surface area contributed by atoms with Gasteiger partial charge in [0, 0.05) is 0 Å². The average molecular weight is 154 g/mol. The molecule has 0 spiro atoms. The van der Waals surface area contributed by atoms with Crippen molar-refractivity contribution >= 4 is 11.8 Å². The van der Waals surface area contributed by atoms with E-state index in [4.69, 9.17) is 9.68 Å². The molecule has 0 amide bonds. The molecule has 0 radical (unpaired) electrons. The fourth-order valence-electron chi connectivity index (χ4n) is 0.493. The zero-order chi connectivity index (χ0) is 7.40. The summed E-state index contributed by atoms with van der Waals surface area (Å²) in [6.07, 6.45) is 1.57. The molecule has 0 saturated carbocycles. The quantitative estimate of drug-likeness (QED) is 0.607. The molecule has 0 aliphatic rings. The molecule has 0 atom stereocenters. The minimum absolute atomic E-state index is 0.389. The van der Waals surface area contributed by atoms with E-state index in [2.05, 4.69) is 4.98 Å². The monoisotopic (exact) mass is 154 g/mol. The van der Waals surface area contributed by atoms with E-state index in [0.717, 1.165) is 5.69 Å². The molecule has 3 nitrogen and oxygen atoms in total. The Hall–Kier alpha value is -0.950. The van der Waals surface area contributed by atoms with E-state index in [1.807, 2.05) is 13.0 Å². The summed E-state index contributed by atoms with van der Waals surface area (Å²) in [5.41, 5.74) is 0.848. The van der Waals surface area contributed by atoms with E-state index < -0.39 is 0 Å². The summed E-state index contributed by atoms with van der Waals surface area (Å²) >= 11 is 1.30. The van der Waals surface area contributed by atoms with Crippen LogP contribution in [0.15, 0.2) is 15.9 Å². The van der Waals surface area contributed by atoms with Gasteiger partial charge >= 0.3 is 0 Å². The van der Waals surface area contributed by atoms with Gasteiger partial charge in [-0.2, -0.15) is 5.26 Å². The van der Waals surface area contributed by atoms with Gasteiger partial charge in [0.25, 0.3) is 5.22 Å². The molecule has 10 heavy (non-hydrogen) atoms. The molecule has 52 valence electrons. The van der Waals surface area contributed by atoms with Gasteiger partial charge in [-0.25, -0.2) is 4.98 Å². The van der Waals surface area contributed by atoms with E-state index in [0.29, 0.717) is 11.0 Å². The van der Waals surface area contributed by atoms with Gasteiger partial charge in [-0.05, 0) is 6.92 Å². The van der Waals surface area contributed by atoms with Crippen LogP contribution in [0.3, 0.4) is 0 Å². The van der Waals surface area contributed by atoms with Crippen LogP contribution in [0.25, 0.3) is 0 Å². The largest absolute Gasteiger partial charge is 0.440 e. The molecule has 1 aromatic rings. The summed E-state index contributed by atoms with van der Waals surface area (Å²) in [6.45, 7) is 1.85. The topological polar surface area (TPSA) is 49.8 Å². The first kappa shape index (κ1) is 7.16. The summed E-state index contributed by atoms with van der Waals surface area (Å²) in [5, 5.41) is 8.76. The maximum Gasteiger partial charge on any atom is 0.256 e. The van der Waals surface area contributed by atoms with Crippen molar-refractivity contribution in [2.24, 2.45) is 0 Å². The molecular weight excluding hydrogens is 148 g/mol. The number of nitrogens with zero attached hydrogens (tertiary/aromatic N) is 2. The van der Waals surface area contributed by atoms with E-state index >= 15 is 0 Å². The van der Waals surface area contributed by atoms with Gasteiger partial charge in [0.15, 0.2) is 0 Å². The molecule has 0 N–H and O–H groups in total. The third-order valence-electron chi connectivity index (χ3n) is 0.858. The van der Waals surface area contributed by atoms with Gasteiger partial charge in [-0.1, -0.05) is 11.8 Å². The van der Waals surface area contributed by atoms with Crippen molar-refractivity contribution < 1.29 is 4.42 Å². The van der Waals surface area contributed by atoms with E-state index in [1.54, 1.807) is 6.26 Å². The minimum atomic E-state index is 0.389. The van der Waals surface area contributed by atoms with Crippen LogP contribution in [-0.2, 0) is 0 Å². The van der Waals surface area contributed by atoms with Crippen LogP contribution < -0.4 is 0 Å². The fraction of sp³-hybridized carbons (Fsp3) is 0.333. The third-order valence-corrected chi connectivity index (χ3v) is 1.57. The number of aromatic nitrogens is 1. The maximum atomic E-state index is 8.19. The zero-order valence-electron chi connectivity index (χ0n) is 5.50. The Morgan fingerprint density at radius 3 is 3.20 bits per heavy atom. The first-order chi connectivity index (χ1) is 4.83. The van der Waals surface area contributed by atoms with Crippen LogP contribution in [0.4, 0.5) is 0 Å². The maximum absolute atomic E-state index is 8.19.